The van der Waals surface area contributed by atoms with Crippen molar-refractivity contribution in [2.75, 3.05) is 13.7 Å². The van der Waals surface area contributed by atoms with E-state index >= 15 is 0 Å². The van der Waals surface area contributed by atoms with E-state index in [-0.39, 0.29) is 11.9 Å². The van der Waals surface area contributed by atoms with Gasteiger partial charge in [-0.2, -0.15) is 0 Å². The van der Waals surface area contributed by atoms with Crippen LogP contribution in [0.4, 0.5) is 0 Å². The third-order valence-electron chi connectivity index (χ3n) is 2.58. The smallest absolute Gasteiger partial charge is 0.220 e. The number of ether oxygens (including phenoxy) is 1. The summed E-state index contributed by atoms with van der Waals surface area (Å²) in [4.78, 5) is 11.5. The molecule has 0 bridgehead atoms. The minimum absolute atomic E-state index is 0.0182. The predicted octanol–water partition coefficient (Wildman–Crippen LogP) is 1.61. The number of nitrogens with one attached hydrogen (secondary N) is 1. The molecule has 1 amide bonds. The van der Waals surface area contributed by atoms with Crippen LogP contribution in [0.5, 0.6) is 5.75 Å². The number of carbonyl (C=O) groups is 1. The summed E-state index contributed by atoms with van der Waals surface area (Å²) in [7, 11) is 1.63. The summed E-state index contributed by atoms with van der Waals surface area (Å²) >= 11 is 0. The SMILES string of the molecule is COc1cccc(C(C)NC(=O)CCCN)c1. The first-order valence-corrected chi connectivity index (χ1v) is 5.80. The Kier molecular flexibility index (Phi) is 5.49. The zero-order valence-electron chi connectivity index (χ0n) is 10.4. The molecule has 0 aliphatic carbocycles. The molecule has 1 atom stereocenters. The molecular formula is C13H20N2O2. The van der Waals surface area contributed by atoms with Gasteiger partial charge in [-0.3, -0.25) is 4.79 Å². The van der Waals surface area contributed by atoms with Crippen molar-refractivity contribution in [1.82, 2.24) is 5.32 Å². The van der Waals surface area contributed by atoms with Gasteiger partial charge in [-0.05, 0) is 37.6 Å². The molecule has 0 aromatic heterocycles. The number of rotatable bonds is 6. The predicted molar refractivity (Wildman–Crippen MR) is 67.8 cm³/mol. The van der Waals surface area contributed by atoms with E-state index in [1.165, 1.54) is 0 Å². The van der Waals surface area contributed by atoms with Crippen LogP contribution in [0.15, 0.2) is 24.3 Å². The summed E-state index contributed by atoms with van der Waals surface area (Å²) in [5.41, 5.74) is 6.39. The number of hydrogen-bond donors (Lipinski definition) is 2. The Morgan fingerprint density at radius 2 is 2.29 bits per heavy atom. The highest BCUT2D eigenvalue weighted by Crippen LogP contribution is 2.18. The van der Waals surface area contributed by atoms with Crippen molar-refractivity contribution < 1.29 is 9.53 Å². The van der Waals surface area contributed by atoms with E-state index < -0.39 is 0 Å². The van der Waals surface area contributed by atoms with Crippen LogP contribution in [0, 0.1) is 0 Å². The Morgan fingerprint density at radius 1 is 1.53 bits per heavy atom. The Hall–Kier alpha value is -1.55. The third kappa shape index (κ3) is 4.44. The molecule has 94 valence electrons. The molecule has 4 nitrogen and oxygen atoms in total. The molecule has 1 unspecified atom stereocenters. The number of methoxy groups -OCH3 is 1. The lowest BCUT2D eigenvalue weighted by Gasteiger charge is -2.15. The van der Waals surface area contributed by atoms with Crippen molar-refractivity contribution in [3.63, 3.8) is 0 Å². The Morgan fingerprint density at radius 3 is 2.94 bits per heavy atom. The first-order valence-electron chi connectivity index (χ1n) is 5.80. The molecule has 0 aliphatic rings. The quantitative estimate of drug-likeness (QED) is 0.788. The largest absolute Gasteiger partial charge is 0.497 e. The maximum absolute atomic E-state index is 11.5. The lowest BCUT2D eigenvalue weighted by molar-refractivity contribution is -0.121. The highest BCUT2D eigenvalue weighted by Gasteiger charge is 2.09. The lowest BCUT2D eigenvalue weighted by atomic mass is 10.1. The minimum atomic E-state index is -0.0182. The molecular weight excluding hydrogens is 216 g/mol. The van der Waals surface area contributed by atoms with Crippen molar-refractivity contribution in [2.45, 2.75) is 25.8 Å². The summed E-state index contributed by atoms with van der Waals surface area (Å²) in [5.74, 6) is 0.830. The van der Waals surface area contributed by atoms with Gasteiger partial charge in [0.1, 0.15) is 5.75 Å². The van der Waals surface area contributed by atoms with E-state index in [4.69, 9.17) is 10.5 Å². The van der Waals surface area contributed by atoms with Crippen molar-refractivity contribution in [3.8, 4) is 5.75 Å². The fourth-order valence-electron chi connectivity index (χ4n) is 1.57. The first-order chi connectivity index (χ1) is 8.17. The molecule has 0 aliphatic heterocycles. The number of hydrogen-bond acceptors (Lipinski definition) is 3. The second-order valence-corrected chi connectivity index (χ2v) is 3.96. The van der Waals surface area contributed by atoms with E-state index in [2.05, 4.69) is 5.32 Å². The number of nitrogens with two attached hydrogens (primary N) is 1. The molecule has 3 N–H and O–H groups in total. The summed E-state index contributed by atoms with van der Waals surface area (Å²) in [6.45, 7) is 2.50. The Bertz CT molecular complexity index is 366. The third-order valence-corrected chi connectivity index (χ3v) is 2.58. The highest BCUT2D eigenvalue weighted by atomic mass is 16.5. The molecule has 0 spiro atoms. The summed E-state index contributed by atoms with van der Waals surface area (Å²) < 4.78 is 5.15. The van der Waals surface area contributed by atoms with Crippen LogP contribution >= 0.6 is 0 Å². The standard InChI is InChI=1S/C13H20N2O2/c1-10(15-13(16)7-4-8-14)11-5-3-6-12(9-11)17-2/h3,5-6,9-10H,4,7-8,14H2,1-2H3,(H,15,16). The van der Waals surface area contributed by atoms with Gasteiger partial charge in [0, 0.05) is 6.42 Å². The number of benzene rings is 1. The maximum atomic E-state index is 11.5. The van der Waals surface area contributed by atoms with E-state index in [1.54, 1.807) is 7.11 Å². The first kappa shape index (κ1) is 13.5. The molecule has 1 aromatic rings. The van der Waals surface area contributed by atoms with Crippen molar-refractivity contribution >= 4 is 5.91 Å². The molecule has 0 saturated heterocycles. The van der Waals surface area contributed by atoms with Gasteiger partial charge in [-0.15, -0.1) is 0 Å². The minimum Gasteiger partial charge on any atom is -0.497 e. The van der Waals surface area contributed by atoms with Crippen molar-refractivity contribution in [2.24, 2.45) is 5.73 Å². The molecule has 0 radical (unpaired) electrons. The van der Waals surface area contributed by atoms with Crippen LogP contribution in [0.25, 0.3) is 0 Å². The second-order valence-electron chi connectivity index (χ2n) is 3.96. The second kappa shape index (κ2) is 6.91. The van der Waals surface area contributed by atoms with E-state index in [1.807, 2.05) is 31.2 Å². The van der Waals surface area contributed by atoms with Gasteiger partial charge in [0.15, 0.2) is 0 Å². The average molecular weight is 236 g/mol. The average Bonchev–Trinajstić information content (AvgIpc) is 2.36. The zero-order valence-corrected chi connectivity index (χ0v) is 10.4. The van der Waals surface area contributed by atoms with E-state index in [9.17, 15) is 4.79 Å². The molecule has 0 saturated carbocycles. The zero-order chi connectivity index (χ0) is 12.7. The van der Waals surface area contributed by atoms with Crippen molar-refractivity contribution in [3.05, 3.63) is 29.8 Å². The fraction of sp³-hybridized carbons (Fsp3) is 0.462. The molecule has 0 heterocycles. The van der Waals surface area contributed by atoms with Crippen LogP contribution < -0.4 is 15.8 Å². The van der Waals surface area contributed by atoms with Crippen LogP contribution in [0.1, 0.15) is 31.4 Å². The summed E-state index contributed by atoms with van der Waals surface area (Å²) in [5, 5.41) is 2.93. The molecule has 0 fully saturated rings. The van der Waals surface area contributed by atoms with Gasteiger partial charge in [0.2, 0.25) is 5.91 Å². The summed E-state index contributed by atoms with van der Waals surface area (Å²) in [6.07, 6.45) is 1.20. The maximum Gasteiger partial charge on any atom is 0.220 e. The van der Waals surface area contributed by atoms with E-state index in [0.29, 0.717) is 13.0 Å². The fourth-order valence-corrected chi connectivity index (χ4v) is 1.57. The van der Waals surface area contributed by atoms with Gasteiger partial charge in [-0.1, -0.05) is 12.1 Å². The topological polar surface area (TPSA) is 64.3 Å². The van der Waals surface area contributed by atoms with Crippen LogP contribution in [0.2, 0.25) is 0 Å². The molecule has 4 heteroatoms. The van der Waals surface area contributed by atoms with Crippen LogP contribution in [0.3, 0.4) is 0 Å². The monoisotopic (exact) mass is 236 g/mol. The number of carbonyl (C=O) groups excluding carboxylic acids is 1. The highest BCUT2D eigenvalue weighted by molar-refractivity contribution is 5.76. The molecule has 17 heavy (non-hydrogen) atoms. The molecule has 1 aromatic carbocycles. The Balaban J connectivity index is 2.56. The van der Waals surface area contributed by atoms with E-state index in [0.717, 1.165) is 17.7 Å². The van der Waals surface area contributed by atoms with Gasteiger partial charge < -0.3 is 15.8 Å². The lowest BCUT2D eigenvalue weighted by Crippen LogP contribution is -2.26. The van der Waals surface area contributed by atoms with Crippen LogP contribution in [-0.2, 0) is 4.79 Å². The Labute approximate surface area is 102 Å². The summed E-state index contributed by atoms with van der Waals surface area (Å²) in [6, 6.07) is 7.67. The van der Waals surface area contributed by atoms with Crippen molar-refractivity contribution in [1.29, 1.82) is 0 Å². The normalized spacial score (nSPS) is 11.9. The molecule has 1 rings (SSSR count). The van der Waals surface area contributed by atoms with Gasteiger partial charge in [0.05, 0.1) is 13.2 Å². The number of amides is 1. The van der Waals surface area contributed by atoms with Gasteiger partial charge in [0.25, 0.3) is 0 Å². The van der Waals surface area contributed by atoms with Gasteiger partial charge >= 0.3 is 0 Å². The van der Waals surface area contributed by atoms with Crippen LogP contribution in [-0.4, -0.2) is 19.6 Å². The van der Waals surface area contributed by atoms with Gasteiger partial charge in [-0.25, -0.2) is 0 Å².